The van der Waals surface area contributed by atoms with Gasteiger partial charge in [0.1, 0.15) is 0 Å². The van der Waals surface area contributed by atoms with Gasteiger partial charge in [0.05, 0.1) is 12.0 Å². The van der Waals surface area contributed by atoms with Gasteiger partial charge in [-0.05, 0) is 61.2 Å². The van der Waals surface area contributed by atoms with E-state index in [1.807, 2.05) is 31.2 Å². The van der Waals surface area contributed by atoms with Crippen LogP contribution in [0.3, 0.4) is 0 Å². The normalized spacial score (nSPS) is 11.8. The summed E-state index contributed by atoms with van der Waals surface area (Å²) < 4.78 is 32.6. The predicted octanol–water partition coefficient (Wildman–Crippen LogP) is 4.97. The lowest BCUT2D eigenvalue weighted by molar-refractivity contribution is -0.140. The number of carbonyl (C=O) groups excluding carboxylic acids is 1. The summed E-state index contributed by atoms with van der Waals surface area (Å²) in [5.74, 6) is -0.230. The summed E-state index contributed by atoms with van der Waals surface area (Å²) in [6, 6.07) is 17.7. The number of rotatable bonds is 9. The zero-order chi connectivity index (χ0) is 23.0. The molecule has 0 unspecified atom stereocenters. The molecule has 0 fully saturated rings. The van der Waals surface area contributed by atoms with Crippen LogP contribution in [-0.4, -0.2) is 26.5 Å². The van der Waals surface area contributed by atoms with Crippen molar-refractivity contribution >= 4 is 27.3 Å². The van der Waals surface area contributed by atoms with E-state index in [0.29, 0.717) is 24.9 Å². The Morgan fingerprint density at radius 3 is 2.38 bits per heavy atom. The lowest BCUT2D eigenvalue weighted by Gasteiger charge is -2.12. The van der Waals surface area contributed by atoms with Crippen LogP contribution in [0.2, 0.25) is 0 Å². The number of allylic oxidation sites excluding steroid dienone is 1. The minimum absolute atomic E-state index is 0.216. The number of hydrogen-bond donors (Lipinski definition) is 1. The number of aryl methyl sites for hydroxylation is 1. The molecule has 0 radical (unpaired) electrons. The van der Waals surface area contributed by atoms with Crippen LogP contribution in [0, 0.1) is 6.92 Å². The molecule has 3 aromatic rings. The summed E-state index contributed by atoms with van der Waals surface area (Å²) in [4.78, 5) is 15.8. The Kier molecular flexibility index (Phi) is 7.78. The SMILES string of the molecule is COC(=O)CCC/C=C(/c1ccc(NS(=O)(=O)c2ccc(C)cc2)cc1)c1cccnc1. The molecular weight excluding hydrogens is 424 g/mol. The quantitative estimate of drug-likeness (QED) is 0.368. The second-order valence-electron chi connectivity index (χ2n) is 7.32. The Morgan fingerprint density at radius 2 is 1.75 bits per heavy atom. The summed E-state index contributed by atoms with van der Waals surface area (Å²) in [7, 11) is -2.28. The molecular formula is C25H26N2O4S. The molecule has 6 nitrogen and oxygen atoms in total. The molecule has 1 aromatic heterocycles. The van der Waals surface area contributed by atoms with Crippen LogP contribution >= 0.6 is 0 Å². The number of sulfonamides is 1. The number of nitrogens with one attached hydrogen (secondary N) is 1. The second-order valence-corrected chi connectivity index (χ2v) is 9.01. The molecule has 3 rings (SSSR count). The van der Waals surface area contributed by atoms with E-state index in [-0.39, 0.29) is 10.9 Å². The number of ether oxygens (including phenoxy) is 1. The van der Waals surface area contributed by atoms with Crippen molar-refractivity contribution in [2.75, 3.05) is 11.8 Å². The average molecular weight is 451 g/mol. The van der Waals surface area contributed by atoms with Crippen LogP contribution in [0.15, 0.2) is 84.0 Å². The third kappa shape index (κ3) is 6.28. The molecule has 0 saturated heterocycles. The number of carbonyl (C=O) groups is 1. The molecule has 0 aliphatic heterocycles. The van der Waals surface area contributed by atoms with E-state index in [0.717, 1.165) is 22.3 Å². The summed E-state index contributed by atoms with van der Waals surface area (Å²) in [6.45, 7) is 1.91. The first-order valence-electron chi connectivity index (χ1n) is 10.3. The maximum atomic E-state index is 12.6. The molecule has 32 heavy (non-hydrogen) atoms. The van der Waals surface area contributed by atoms with Crippen molar-refractivity contribution in [2.45, 2.75) is 31.1 Å². The molecule has 1 N–H and O–H groups in total. The van der Waals surface area contributed by atoms with Gasteiger partial charge in [-0.3, -0.25) is 14.5 Å². The number of anilines is 1. The first kappa shape index (κ1) is 23.2. The van der Waals surface area contributed by atoms with E-state index >= 15 is 0 Å². The fourth-order valence-corrected chi connectivity index (χ4v) is 4.23. The van der Waals surface area contributed by atoms with Gasteiger partial charge >= 0.3 is 5.97 Å². The second kappa shape index (κ2) is 10.7. The number of nitrogens with zero attached hydrogens (tertiary/aromatic N) is 1. The van der Waals surface area contributed by atoms with E-state index in [1.165, 1.54) is 7.11 Å². The topological polar surface area (TPSA) is 85.4 Å². The van der Waals surface area contributed by atoms with Crippen LogP contribution in [0.4, 0.5) is 5.69 Å². The zero-order valence-electron chi connectivity index (χ0n) is 18.1. The molecule has 0 atom stereocenters. The van der Waals surface area contributed by atoms with Crippen molar-refractivity contribution in [1.29, 1.82) is 0 Å². The van der Waals surface area contributed by atoms with Gasteiger partial charge in [-0.25, -0.2) is 8.42 Å². The molecule has 0 amide bonds. The van der Waals surface area contributed by atoms with Crippen molar-refractivity contribution in [3.8, 4) is 0 Å². The summed E-state index contributed by atoms with van der Waals surface area (Å²) in [6.07, 6.45) is 7.27. The third-order valence-electron chi connectivity index (χ3n) is 4.91. The predicted molar refractivity (Wildman–Crippen MR) is 126 cm³/mol. The number of methoxy groups -OCH3 is 1. The smallest absolute Gasteiger partial charge is 0.305 e. The number of hydrogen-bond acceptors (Lipinski definition) is 5. The molecule has 0 bridgehead atoms. The van der Waals surface area contributed by atoms with Crippen molar-refractivity contribution in [1.82, 2.24) is 4.98 Å². The number of unbranched alkanes of at least 4 members (excludes halogenated alkanes) is 1. The van der Waals surface area contributed by atoms with E-state index in [1.54, 1.807) is 48.8 Å². The van der Waals surface area contributed by atoms with Gasteiger partial charge in [-0.15, -0.1) is 0 Å². The van der Waals surface area contributed by atoms with Gasteiger partial charge in [-0.1, -0.05) is 42.0 Å². The number of benzene rings is 2. The van der Waals surface area contributed by atoms with Crippen molar-refractivity contribution < 1.29 is 17.9 Å². The Labute approximate surface area is 189 Å². The molecule has 166 valence electrons. The highest BCUT2D eigenvalue weighted by molar-refractivity contribution is 7.92. The highest BCUT2D eigenvalue weighted by Gasteiger charge is 2.14. The highest BCUT2D eigenvalue weighted by Crippen LogP contribution is 2.26. The molecule has 0 spiro atoms. The molecule has 0 aliphatic rings. The number of aromatic nitrogens is 1. The molecule has 0 aliphatic carbocycles. The van der Waals surface area contributed by atoms with Crippen LogP contribution < -0.4 is 4.72 Å². The fraction of sp³-hybridized carbons (Fsp3) is 0.200. The van der Waals surface area contributed by atoms with Gasteiger partial charge in [0.15, 0.2) is 0 Å². The van der Waals surface area contributed by atoms with E-state index in [4.69, 9.17) is 4.74 Å². The maximum Gasteiger partial charge on any atom is 0.305 e. The van der Waals surface area contributed by atoms with Gasteiger partial charge in [0, 0.05) is 30.1 Å². The highest BCUT2D eigenvalue weighted by atomic mass is 32.2. The minimum Gasteiger partial charge on any atom is -0.469 e. The van der Waals surface area contributed by atoms with E-state index in [2.05, 4.69) is 15.8 Å². The Morgan fingerprint density at radius 1 is 1.03 bits per heavy atom. The standard InChI is InChI=1S/C25H26N2O4S/c1-19-9-15-23(16-10-19)32(29,30)27-22-13-11-20(12-14-22)24(21-6-5-17-26-18-21)7-3-4-8-25(28)31-2/h5-7,9-18,27H,3-4,8H2,1-2H3/b24-7-. The summed E-state index contributed by atoms with van der Waals surface area (Å²) >= 11 is 0. The van der Waals surface area contributed by atoms with Crippen LogP contribution in [0.25, 0.3) is 5.57 Å². The Hall–Kier alpha value is -3.45. The maximum absolute atomic E-state index is 12.6. The van der Waals surface area contributed by atoms with E-state index < -0.39 is 10.0 Å². The number of esters is 1. The van der Waals surface area contributed by atoms with Crippen molar-refractivity contribution in [2.24, 2.45) is 0 Å². The lowest BCUT2D eigenvalue weighted by Crippen LogP contribution is -2.12. The number of pyridine rings is 1. The van der Waals surface area contributed by atoms with Crippen molar-refractivity contribution in [3.05, 3.63) is 95.8 Å². The van der Waals surface area contributed by atoms with Gasteiger partial charge in [0.25, 0.3) is 10.0 Å². The average Bonchev–Trinajstić information content (AvgIpc) is 2.80. The van der Waals surface area contributed by atoms with Gasteiger partial charge in [-0.2, -0.15) is 0 Å². The van der Waals surface area contributed by atoms with Gasteiger partial charge in [0.2, 0.25) is 0 Å². The van der Waals surface area contributed by atoms with Crippen LogP contribution in [0.1, 0.15) is 36.0 Å². The molecule has 2 aromatic carbocycles. The van der Waals surface area contributed by atoms with Crippen LogP contribution in [0.5, 0.6) is 0 Å². The Balaban J connectivity index is 1.79. The first-order chi connectivity index (χ1) is 15.4. The minimum atomic E-state index is -3.66. The van der Waals surface area contributed by atoms with Crippen molar-refractivity contribution in [3.63, 3.8) is 0 Å². The first-order valence-corrected chi connectivity index (χ1v) is 11.7. The Bertz CT molecular complexity index is 1170. The molecule has 7 heteroatoms. The van der Waals surface area contributed by atoms with Gasteiger partial charge < -0.3 is 4.74 Å². The summed E-state index contributed by atoms with van der Waals surface area (Å²) in [5, 5.41) is 0. The fourth-order valence-electron chi connectivity index (χ4n) is 3.17. The van der Waals surface area contributed by atoms with E-state index in [9.17, 15) is 13.2 Å². The van der Waals surface area contributed by atoms with Crippen LogP contribution in [-0.2, 0) is 19.6 Å². The lowest BCUT2D eigenvalue weighted by atomic mass is 9.97. The zero-order valence-corrected chi connectivity index (χ0v) is 18.9. The third-order valence-corrected chi connectivity index (χ3v) is 6.31. The summed E-state index contributed by atoms with van der Waals surface area (Å²) in [5.41, 5.74) is 4.31. The molecule has 0 saturated carbocycles. The largest absolute Gasteiger partial charge is 0.469 e. The monoisotopic (exact) mass is 450 g/mol. The molecule has 1 heterocycles.